The van der Waals surface area contributed by atoms with Gasteiger partial charge in [-0.05, 0) is 32.1 Å². The third-order valence-electron chi connectivity index (χ3n) is 3.96. The molecular weight excluding hydrogens is 402 g/mol. The molecule has 0 aromatic carbocycles. The highest BCUT2D eigenvalue weighted by molar-refractivity contribution is 7.71. The molecule has 0 aliphatic heterocycles. The maximum absolute atomic E-state index is 13.0. The monoisotopic (exact) mass is 427 g/mol. The van der Waals surface area contributed by atoms with E-state index in [1.165, 1.54) is 4.57 Å². The van der Waals surface area contributed by atoms with E-state index in [2.05, 4.69) is 0 Å². The van der Waals surface area contributed by atoms with Crippen molar-refractivity contribution in [2.24, 2.45) is 11.5 Å². The Hall–Kier alpha value is -2.54. The molecule has 0 aliphatic rings. The SMILES string of the molecule is CC(C)OCCn1c(=S)n(COC(=O)CN)c(=O)c2c1ccn2COC(=O)CN. The molecule has 29 heavy (non-hydrogen) atoms. The van der Waals surface area contributed by atoms with Crippen LogP contribution in [0.15, 0.2) is 17.1 Å². The van der Waals surface area contributed by atoms with Gasteiger partial charge in [-0.15, -0.1) is 0 Å². The van der Waals surface area contributed by atoms with Crippen molar-refractivity contribution >= 4 is 35.2 Å². The van der Waals surface area contributed by atoms with Crippen molar-refractivity contribution in [2.45, 2.75) is 40.0 Å². The molecule has 0 aliphatic carbocycles. The molecular formula is C17H25N5O6S. The Morgan fingerprint density at radius 2 is 1.72 bits per heavy atom. The summed E-state index contributed by atoms with van der Waals surface area (Å²) in [6, 6.07) is 1.69. The van der Waals surface area contributed by atoms with Gasteiger partial charge >= 0.3 is 11.9 Å². The fourth-order valence-corrected chi connectivity index (χ4v) is 2.91. The number of esters is 2. The molecule has 0 saturated carbocycles. The molecule has 11 nitrogen and oxygen atoms in total. The highest BCUT2D eigenvalue weighted by Gasteiger charge is 2.16. The van der Waals surface area contributed by atoms with Crippen LogP contribution in [0.4, 0.5) is 0 Å². The summed E-state index contributed by atoms with van der Waals surface area (Å²) in [5.41, 5.74) is 10.8. The molecule has 0 radical (unpaired) electrons. The summed E-state index contributed by atoms with van der Waals surface area (Å²) in [5, 5.41) is 0. The number of aromatic nitrogens is 3. The Bertz CT molecular complexity index is 993. The number of nitrogens with two attached hydrogens (primary N) is 2. The van der Waals surface area contributed by atoms with E-state index < -0.39 is 17.5 Å². The lowest BCUT2D eigenvalue weighted by Crippen LogP contribution is -2.30. The van der Waals surface area contributed by atoms with Crippen LogP contribution in [-0.2, 0) is 43.8 Å². The van der Waals surface area contributed by atoms with Crippen molar-refractivity contribution in [3.8, 4) is 0 Å². The van der Waals surface area contributed by atoms with Crippen LogP contribution >= 0.6 is 12.2 Å². The van der Waals surface area contributed by atoms with Gasteiger partial charge in [0.25, 0.3) is 5.56 Å². The first-order chi connectivity index (χ1) is 13.8. The summed E-state index contributed by atoms with van der Waals surface area (Å²) in [5.74, 6) is -1.28. The molecule has 2 heterocycles. The Kier molecular flexibility index (Phi) is 8.08. The third kappa shape index (κ3) is 5.50. The van der Waals surface area contributed by atoms with Crippen molar-refractivity contribution in [1.29, 1.82) is 0 Å². The van der Waals surface area contributed by atoms with Crippen molar-refractivity contribution in [1.82, 2.24) is 13.7 Å². The van der Waals surface area contributed by atoms with Gasteiger partial charge in [-0.2, -0.15) is 0 Å². The molecule has 2 rings (SSSR count). The highest BCUT2D eigenvalue weighted by Crippen LogP contribution is 2.14. The van der Waals surface area contributed by atoms with E-state index in [9.17, 15) is 14.4 Å². The molecule has 2 aromatic heterocycles. The van der Waals surface area contributed by atoms with Crippen molar-refractivity contribution in [3.05, 3.63) is 27.4 Å². The molecule has 0 fully saturated rings. The summed E-state index contributed by atoms with van der Waals surface area (Å²) in [6.07, 6.45) is 1.62. The quantitative estimate of drug-likeness (QED) is 0.385. The van der Waals surface area contributed by atoms with E-state index in [1.807, 2.05) is 13.8 Å². The topological polar surface area (TPSA) is 146 Å². The fourth-order valence-electron chi connectivity index (χ4n) is 2.59. The molecule has 12 heteroatoms. The number of fused-ring (bicyclic) bond motifs is 1. The average molecular weight is 427 g/mol. The van der Waals surface area contributed by atoms with Crippen LogP contribution in [0.1, 0.15) is 13.8 Å². The van der Waals surface area contributed by atoms with Crippen LogP contribution in [0, 0.1) is 4.77 Å². The zero-order valence-corrected chi connectivity index (χ0v) is 17.1. The summed E-state index contributed by atoms with van der Waals surface area (Å²) in [6.45, 7) is 3.35. The summed E-state index contributed by atoms with van der Waals surface area (Å²) in [4.78, 5) is 35.8. The summed E-state index contributed by atoms with van der Waals surface area (Å²) in [7, 11) is 0. The molecule has 0 bridgehead atoms. The number of hydrogen-bond donors (Lipinski definition) is 2. The van der Waals surface area contributed by atoms with Gasteiger partial charge < -0.3 is 34.8 Å². The van der Waals surface area contributed by atoms with Crippen LogP contribution in [0.5, 0.6) is 0 Å². The Labute approximate surface area is 171 Å². The minimum absolute atomic E-state index is 0.0244. The maximum atomic E-state index is 13.0. The highest BCUT2D eigenvalue weighted by atomic mass is 32.1. The van der Waals surface area contributed by atoms with E-state index >= 15 is 0 Å². The minimum Gasteiger partial charge on any atom is -0.443 e. The lowest BCUT2D eigenvalue weighted by Gasteiger charge is -2.16. The van der Waals surface area contributed by atoms with E-state index in [0.717, 1.165) is 4.57 Å². The average Bonchev–Trinajstić information content (AvgIpc) is 3.11. The van der Waals surface area contributed by atoms with Gasteiger partial charge in [-0.25, -0.2) is 4.57 Å². The lowest BCUT2D eigenvalue weighted by molar-refractivity contribution is -0.146. The smallest absolute Gasteiger partial charge is 0.321 e. The predicted molar refractivity (Wildman–Crippen MR) is 106 cm³/mol. The largest absolute Gasteiger partial charge is 0.443 e. The predicted octanol–water partition coefficient (Wildman–Crippen LogP) is -0.322. The Balaban J connectivity index is 2.52. The van der Waals surface area contributed by atoms with Crippen molar-refractivity contribution in [3.63, 3.8) is 0 Å². The zero-order chi connectivity index (χ0) is 21.6. The van der Waals surface area contributed by atoms with Gasteiger partial charge in [-0.3, -0.25) is 14.4 Å². The van der Waals surface area contributed by atoms with E-state index in [4.69, 9.17) is 37.9 Å². The maximum Gasteiger partial charge on any atom is 0.321 e. The van der Waals surface area contributed by atoms with E-state index in [-0.39, 0.29) is 42.9 Å². The molecule has 0 unspecified atom stereocenters. The van der Waals surface area contributed by atoms with Gasteiger partial charge in [0.2, 0.25) is 0 Å². The molecule has 4 N–H and O–H groups in total. The second-order valence-corrected chi connectivity index (χ2v) is 6.67. The summed E-state index contributed by atoms with van der Waals surface area (Å²) < 4.78 is 20.1. The van der Waals surface area contributed by atoms with E-state index in [1.54, 1.807) is 16.8 Å². The molecule has 160 valence electrons. The second-order valence-electron chi connectivity index (χ2n) is 6.31. The van der Waals surface area contributed by atoms with Gasteiger partial charge in [-0.1, -0.05) is 0 Å². The number of hydrogen-bond acceptors (Lipinski definition) is 9. The second kappa shape index (κ2) is 10.3. The van der Waals surface area contributed by atoms with Gasteiger partial charge in [0.1, 0.15) is 5.52 Å². The first-order valence-electron chi connectivity index (χ1n) is 8.95. The van der Waals surface area contributed by atoms with Crippen LogP contribution in [0.25, 0.3) is 11.0 Å². The van der Waals surface area contributed by atoms with Gasteiger partial charge in [0, 0.05) is 12.7 Å². The van der Waals surface area contributed by atoms with Crippen molar-refractivity contribution < 1.29 is 23.8 Å². The fraction of sp³-hybridized carbons (Fsp3) is 0.529. The molecule has 0 amide bonds. The van der Waals surface area contributed by atoms with E-state index in [0.29, 0.717) is 18.7 Å². The van der Waals surface area contributed by atoms with Gasteiger partial charge in [0.15, 0.2) is 18.2 Å². The van der Waals surface area contributed by atoms with Gasteiger partial charge in [0.05, 0.1) is 31.3 Å². The van der Waals surface area contributed by atoms with Crippen LogP contribution in [0.3, 0.4) is 0 Å². The van der Waals surface area contributed by atoms with Crippen LogP contribution < -0.4 is 17.0 Å². The first-order valence-corrected chi connectivity index (χ1v) is 9.36. The van der Waals surface area contributed by atoms with Crippen molar-refractivity contribution in [2.75, 3.05) is 19.7 Å². The molecule has 0 atom stereocenters. The van der Waals surface area contributed by atoms with Crippen LogP contribution in [-0.4, -0.2) is 51.4 Å². The number of nitrogens with zero attached hydrogens (tertiary/aromatic N) is 3. The zero-order valence-electron chi connectivity index (χ0n) is 16.3. The number of carbonyl (C=O) groups excluding carboxylic acids is 2. The third-order valence-corrected chi connectivity index (χ3v) is 4.40. The summed E-state index contributed by atoms with van der Waals surface area (Å²) >= 11 is 5.45. The number of carbonyl (C=O) groups is 2. The standard InChI is InChI=1S/C17H25N5O6S/c1-11(2)26-6-5-21-12-3-4-20(9-27-13(23)7-18)15(12)16(25)22(17(21)29)10-28-14(24)8-19/h3-4,11H,5-10,18-19H2,1-2H3. The number of ether oxygens (including phenoxy) is 3. The number of rotatable bonds is 10. The molecule has 2 aromatic rings. The lowest BCUT2D eigenvalue weighted by atomic mass is 10.4. The van der Waals surface area contributed by atoms with Crippen LogP contribution in [0.2, 0.25) is 0 Å². The first kappa shape index (κ1) is 22.7. The molecule has 0 spiro atoms. The Morgan fingerprint density at radius 1 is 1.10 bits per heavy atom. The Morgan fingerprint density at radius 3 is 2.31 bits per heavy atom. The normalized spacial score (nSPS) is 11.2. The molecule has 0 saturated heterocycles. The minimum atomic E-state index is -0.673.